The van der Waals surface area contributed by atoms with Gasteiger partial charge in [0.15, 0.2) is 0 Å². The van der Waals surface area contributed by atoms with Gasteiger partial charge in [-0.25, -0.2) is 0 Å². The van der Waals surface area contributed by atoms with Crippen molar-refractivity contribution in [2.45, 2.75) is 103 Å². The Kier molecular flexibility index (Phi) is 7.08. The van der Waals surface area contributed by atoms with Gasteiger partial charge in [-0.3, -0.25) is 0 Å². The van der Waals surface area contributed by atoms with Gasteiger partial charge >= 0.3 is 0 Å². The van der Waals surface area contributed by atoms with Gasteiger partial charge in [-0.05, 0) is 163 Å². The summed E-state index contributed by atoms with van der Waals surface area (Å²) in [5.41, 5.74) is 22.6. The second kappa shape index (κ2) is 11.5. The van der Waals surface area contributed by atoms with E-state index in [9.17, 15) is 0 Å². The fraction of sp³-hybridized carbons (Fsp3) is 0.348. The second-order valence-corrected chi connectivity index (χ2v) is 22.0. The van der Waals surface area contributed by atoms with Crippen LogP contribution >= 0.6 is 0 Å². The normalized spacial score (nSPS) is 18.8. The summed E-state index contributed by atoms with van der Waals surface area (Å²) in [5.74, 6) is 0. The number of rotatable bonds is 3. The van der Waals surface area contributed by atoms with Crippen LogP contribution in [0.1, 0.15) is 83.5 Å². The van der Waals surface area contributed by atoms with E-state index in [-0.39, 0.29) is 6.71 Å². The van der Waals surface area contributed by atoms with Crippen LogP contribution in [0.3, 0.4) is 0 Å². The minimum absolute atomic E-state index is 0.237. The summed E-state index contributed by atoms with van der Waals surface area (Å²) in [6.45, 7) is 10.1. The van der Waals surface area contributed by atoms with E-state index in [0.717, 1.165) is 0 Å². The third-order valence-electron chi connectivity index (χ3n) is 12.9. The number of nitrogens with zero attached hydrogens (tertiary/aromatic N) is 2. The topological polar surface area (TPSA) is 6.48 Å². The molecule has 5 aromatic rings. The summed E-state index contributed by atoms with van der Waals surface area (Å²) < 4.78 is 0. The van der Waals surface area contributed by atoms with Crippen LogP contribution in [0.15, 0.2) is 84.9 Å². The van der Waals surface area contributed by atoms with E-state index in [1.54, 1.807) is 43.8 Å². The molecule has 2 aliphatic heterocycles. The van der Waals surface area contributed by atoms with Crippen molar-refractivity contribution in [2.75, 3.05) is 9.80 Å². The van der Waals surface area contributed by atoms with Crippen LogP contribution in [0.4, 0.5) is 28.4 Å². The van der Waals surface area contributed by atoms with Crippen LogP contribution in [0.2, 0.25) is 19.6 Å². The summed E-state index contributed by atoms with van der Waals surface area (Å²) in [7, 11) is -1.58. The molecule has 4 heteroatoms. The number of fused-ring (bicyclic) bond motifs is 8. The van der Waals surface area contributed by atoms with Gasteiger partial charge in [0.05, 0.1) is 14.1 Å². The Labute approximate surface area is 300 Å². The number of hydrogen-bond acceptors (Lipinski definition) is 2. The minimum Gasteiger partial charge on any atom is -0.335 e. The van der Waals surface area contributed by atoms with E-state index >= 15 is 0 Å². The fourth-order valence-electron chi connectivity index (χ4n) is 10.6. The lowest BCUT2D eigenvalue weighted by Gasteiger charge is -2.49. The first-order chi connectivity index (χ1) is 24.4. The van der Waals surface area contributed by atoms with E-state index < -0.39 is 8.07 Å². The van der Waals surface area contributed by atoms with Crippen molar-refractivity contribution in [2.24, 2.45) is 0 Å². The Morgan fingerprint density at radius 2 is 1.28 bits per heavy atom. The van der Waals surface area contributed by atoms with E-state index in [1.165, 1.54) is 116 Å². The molecule has 5 aliphatic rings. The monoisotopic (exact) mass is 668 g/mol. The Bertz CT molecular complexity index is 2190. The highest BCUT2D eigenvalue weighted by atomic mass is 28.3. The molecule has 2 heterocycles. The lowest BCUT2D eigenvalue weighted by Crippen LogP contribution is -2.64. The van der Waals surface area contributed by atoms with Crippen molar-refractivity contribution in [1.29, 1.82) is 0 Å². The van der Waals surface area contributed by atoms with Gasteiger partial charge in [0, 0.05) is 28.4 Å². The second-order valence-electron chi connectivity index (χ2n) is 17.0. The van der Waals surface area contributed by atoms with Gasteiger partial charge in [0.25, 0.3) is 6.71 Å². The van der Waals surface area contributed by atoms with Crippen molar-refractivity contribution < 1.29 is 0 Å². The highest BCUT2D eigenvalue weighted by Gasteiger charge is 2.47. The molecule has 0 saturated carbocycles. The van der Waals surface area contributed by atoms with Crippen LogP contribution in [0, 0.1) is 6.92 Å². The first-order valence-electron chi connectivity index (χ1n) is 19.6. The maximum Gasteiger partial charge on any atom is 0.252 e. The first kappa shape index (κ1) is 30.8. The van der Waals surface area contributed by atoms with E-state index in [2.05, 4.69) is 121 Å². The molecule has 0 fully saturated rings. The molecule has 2 nitrogen and oxygen atoms in total. The molecular weight excluding hydrogens is 619 g/mol. The average molecular weight is 669 g/mol. The van der Waals surface area contributed by atoms with Crippen LogP contribution in [-0.4, -0.2) is 14.8 Å². The molecule has 3 aliphatic carbocycles. The van der Waals surface area contributed by atoms with Crippen LogP contribution in [0.5, 0.6) is 0 Å². The summed E-state index contributed by atoms with van der Waals surface area (Å²) >= 11 is 0. The Morgan fingerprint density at radius 1 is 0.580 bits per heavy atom. The zero-order chi connectivity index (χ0) is 33.7. The van der Waals surface area contributed by atoms with Gasteiger partial charge in [0.1, 0.15) is 0 Å². The first-order valence-corrected chi connectivity index (χ1v) is 23.1. The molecule has 0 N–H and O–H groups in total. The number of hydrogen-bond donors (Lipinski definition) is 0. The third-order valence-corrected chi connectivity index (χ3v) is 14.9. The highest BCUT2D eigenvalue weighted by Crippen LogP contribution is 2.49. The van der Waals surface area contributed by atoms with Gasteiger partial charge < -0.3 is 9.80 Å². The highest BCUT2D eigenvalue weighted by molar-refractivity contribution is 7.01. The van der Waals surface area contributed by atoms with E-state index in [4.69, 9.17) is 0 Å². The Balaban J connectivity index is 1.32. The maximum atomic E-state index is 2.82. The Morgan fingerprint density at radius 3 is 2.12 bits per heavy atom. The molecular formula is C46H49BN2Si. The molecule has 50 heavy (non-hydrogen) atoms. The zero-order valence-electron chi connectivity index (χ0n) is 30.4. The molecule has 10 rings (SSSR count). The maximum absolute atomic E-state index is 2.82. The standard InChI is InChI=1S/C46H49BN2Si/c1-30-27-43-46-44(28-30)49(40-22-12-17-32-14-6-9-19-36(32)40)42-25-23-33-15-7-10-20-37(33)45(42)47(46)38-29-34(50(2,3)4)24-26-41(38)48(43)39-21-11-16-31-13-5-8-18-35(31)39/h5,8,12-13,17-18,22-29,39H,6-7,9-11,14-16,19-21H2,1-4H3. The molecule has 0 bridgehead atoms. The molecule has 0 spiro atoms. The minimum atomic E-state index is -1.58. The predicted octanol–water partition coefficient (Wildman–Crippen LogP) is 9.13. The van der Waals surface area contributed by atoms with E-state index in [0.29, 0.717) is 6.04 Å². The SMILES string of the molecule is Cc1cc2c3c(c1)N(C1CCCc4ccccc41)c1ccc([Si](C)(C)C)cc1B3c1c(ccc3c1CCCC3)N2c1cccc2c1CCCC2. The quantitative estimate of drug-likeness (QED) is 0.174. The van der Waals surface area contributed by atoms with Crippen LogP contribution < -0.4 is 31.4 Å². The summed E-state index contributed by atoms with van der Waals surface area (Å²) in [4.78, 5) is 5.57. The number of benzene rings is 5. The zero-order valence-corrected chi connectivity index (χ0v) is 31.4. The van der Waals surface area contributed by atoms with Crippen LogP contribution in [-0.2, 0) is 32.1 Å². The summed E-state index contributed by atoms with van der Waals surface area (Å²) in [6, 6.07) is 34.7. The lowest BCUT2D eigenvalue weighted by molar-refractivity contribution is 0.559. The molecule has 1 atom stereocenters. The van der Waals surface area contributed by atoms with Gasteiger partial charge in [-0.15, -0.1) is 0 Å². The number of anilines is 5. The van der Waals surface area contributed by atoms with Crippen molar-refractivity contribution in [3.8, 4) is 0 Å². The third kappa shape index (κ3) is 4.59. The lowest BCUT2D eigenvalue weighted by atomic mass is 9.32. The molecule has 0 saturated heterocycles. The van der Waals surface area contributed by atoms with Crippen molar-refractivity contribution in [1.82, 2.24) is 0 Å². The molecule has 5 aromatic carbocycles. The van der Waals surface area contributed by atoms with Gasteiger partial charge in [-0.2, -0.15) is 0 Å². The fourth-order valence-corrected chi connectivity index (χ4v) is 11.7. The Hall–Kier alpha value is -4.02. The van der Waals surface area contributed by atoms with Crippen molar-refractivity contribution >= 4 is 64.8 Å². The molecule has 0 aromatic heterocycles. The largest absolute Gasteiger partial charge is 0.335 e. The van der Waals surface area contributed by atoms with Crippen LogP contribution in [0.25, 0.3) is 0 Å². The van der Waals surface area contributed by atoms with Crippen molar-refractivity contribution in [3.05, 3.63) is 124 Å². The average Bonchev–Trinajstić information content (AvgIpc) is 3.13. The molecule has 0 amide bonds. The smallest absolute Gasteiger partial charge is 0.252 e. The van der Waals surface area contributed by atoms with E-state index in [1.807, 2.05) is 0 Å². The number of aryl methyl sites for hydroxylation is 4. The molecule has 250 valence electrons. The molecule has 0 radical (unpaired) electrons. The van der Waals surface area contributed by atoms with Gasteiger partial charge in [-0.1, -0.05) is 79.4 Å². The van der Waals surface area contributed by atoms with Crippen molar-refractivity contribution in [3.63, 3.8) is 0 Å². The summed E-state index contributed by atoms with van der Waals surface area (Å²) in [5, 5.41) is 1.57. The predicted molar refractivity (Wildman–Crippen MR) is 217 cm³/mol. The van der Waals surface area contributed by atoms with Gasteiger partial charge in [0.2, 0.25) is 0 Å². The molecule has 1 unspecified atom stereocenters. The summed E-state index contributed by atoms with van der Waals surface area (Å²) in [6.07, 6.45) is 13.5.